The Morgan fingerprint density at radius 3 is 1.33 bits per heavy atom. The molecule has 0 rings (SSSR count). The van der Waals surface area contributed by atoms with E-state index < -0.39 is 19.0 Å². The quantitative estimate of drug-likeness (QED) is 0.457. The Kier molecular flexibility index (Phi) is 5.73. The van der Waals surface area contributed by atoms with Crippen molar-refractivity contribution < 1.29 is 14.6 Å². The summed E-state index contributed by atoms with van der Waals surface area (Å²) >= 11 is -5.52. The van der Waals surface area contributed by atoms with Gasteiger partial charge in [0.1, 0.15) is 0 Å². The molecule has 0 aliphatic heterocycles. The molecule has 0 heterocycles. The van der Waals surface area contributed by atoms with Crippen molar-refractivity contribution >= 4 is 48.5 Å². The van der Waals surface area contributed by atoms with Gasteiger partial charge in [0.05, 0.1) is 0 Å². The molecule has 0 atom stereocenters. The molecule has 2 N–H and O–H groups in total. The number of hydrogen-bond donors (Lipinski definition) is 2. The zero-order valence-corrected chi connectivity index (χ0v) is 4.45. The van der Waals surface area contributed by atoms with E-state index in [9.17, 15) is 0 Å². The van der Waals surface area contributed by atoms with Gasteiger partial charge in [-0.1, -0.05) is 0 Å². The number of rotatable bonds is 0. The van der Waals surface area contributed by atoms with E-state index >= 15 is 0 Å². The van der Waals surface area contributed by atoms with Gasteiger partial charge in [0, 0.05) is 1.43 Å². The van der Waals surface area contributed by atoms with Crippen molar-refractivity contribution in [3.05, 3.63) is 0 Å². The van der Waals surface area contributed by atoms with E-state index in [1.165, 1.54) is 0 Å². The van der Waals surface area contributed by atoms with E-state index in [0.29, 0.717) is 0 Å². The van der Waals surface area contributed by atoms with Crippen LogP contribution in [-0.4, -0.2) is 55.5 Å². The van der Waals surface area contributed by atoms with Crippen LogP contribution in [0.4, 0.5) is 0 Å². The van der Waals surface area contributed by atoms with Crippen LogP contribution in [-0.2, 0) is 6.21 Å². The van der Waals surface area contributed by atoms with Crippen LogP contribution in [0.5, 0.6) is 0 Å². The fourth-order valence-electron chi connectivity index (χ4n) is 0. The van der Waals surface area contributed by atoms with Gasteiger partial charge in [0.25, 0.3) is 0 Å². The monoisotopic (exact) mass is 222 g/mol. The summed E-state index contributed by atoms with van der Waals surface area (Å²) in [4.78, 5) is 0. The molecule has 0 aromatic carbocycles. The Labute approximate surface area is 62.6 Å². The minimum absolute atomic E-state index is 0. The van der Waals surface area contributed by atoms with E-state index in [0.717, 1.165) is 0 Å². The molecule has 6 heteroatoms. The fourth-order valence-corrected chi connectivity index (χ4v) is 0. The van der Waals surface area contributed by atoms with Gasteiger partial charge in [-0.3, -0.25) is 0 Å². The van der Waals surface area contributed by atoms with Gasteiger partial charge >= 0.3 is 61.7 Å². The van der Waals surface area contributed by atoms with Gasteiger partial charge in [-0.15, -0.1) is 0 Å². The van der Waals surface area contributed by atoms with Gasteiger partial charge in [-0.05, 0) is 0 Å². The summed E-state index contributed by atoms with van der Waals surface area (Å²) in [6.45, 7) is 0. The molecule has 0 aliphatic rings. The van der Waals surface area contributed by atoms with Crippen LogP contribution in [0, 0.1) is 0 Å². The molecule has 0 saturated heterocycles. The fraction of sp³-hybridized carbons (Fsp3) is 0. The molecule has 0 spiro atoms. The Hall–Kier alpha value is 1.31. The third-order valence-corrected chi connectivity index (χ3v) is 0. The molecule has 0 fully saturated rings. The molecule has 0 aromatic heterocycles. The molecule has 0 radical (unpaired) electrons. The molecule has 6 heavy (non-hydrogen) atoms. The van der Waals surface area contributed by atoms with Gasteiger partial charge in [0.2, 0.25) is 0 Å². The van der Waals surface area contributed by atoms with Crippen LogP contribution in [0.1, 0.15) is 1.43 Å². The van der Waals surface area contributed by atoms with Gasteiger partial charge in [-0.2, -0.15) is 0 Å². The van der Waals surface area contributed by atoms with Crippen molar-refractivity contribution in [1.29, 1.82) is 0 Å². The summed E-state index contributed by atoms with van der Waals surface area (Å²) in [5.41, 5.74) is 0. The Morgan fingerprint density at radius 1 is 1.33 bits per heavy atom. The van der Waals surface area contributed by atoms with Crippen LogP contribution in [0.15, 0.2) is 0 Å². The second-order valence-corrected chi connectivity index (χ2v) is 3.00. The minimum atomic E-state index is -5.52. The molecule has 0 amide bonds. The van der Waals surface area contributed by atoms with Crippen LogP contribution < -0.4 is 0 Å². The third kappa shape index (κ3) is 57.5. The van der Waals surface area contributed by atoms with Crippen molar-refractivity contribution in [3.63, 3.8) is 0 Å². The maximum absolute atomic E-state index is 8.85. The normalized spacial score (nSPS) is 9.67. The predicted octanol–water partition coefficient (Wildman–Crippen LogP) is -2.13. The molecule has 0 unspecified atom stereocenters. The number of hydrogen-bond acceptors (Lipinski definition) is 2. The molecular formula is H5NaO4Te. The van der Waals surface area contributed by atoms with E-state index in [1.807, 2.05) is 0 Å². The average Bonchev–Trinajstić information content (AvgIpc) is 0.722. The zero-order valence-electron chi connectivity index (χ0n) is 2.12. The molecular weight excluding hydrogens is 215 g/mol. The summed E-state index contributed by atoms with van der Waals surface area (Å²) in [5.74, 6) is 0. The third-order valence-electron chi connectivity index (χ3n) is 0. The second kappa shape index (κ2) is 3.33. The summed E-state index contributed by atoms with van der Waals surface area (Å²) in [5, 5.41) is 0. The van der Waals surface area contributed by atoms with Crippen LogP contribution in [0.3, 0.4) is 0 Å². The summed E-state index contributed by atoms with van der Waals surface area (Å²) in [7, 11) is 0. The second-order valence-electron chi connectivity index (χ2n) is 0.448. The van der Waals surface area contributed by atoms with Crippen molar-refractivity contribution in [2.75, 3.05) is 0 Å². The molecule has 0 aliphatic carbocycles. The molecule has 0 bridgehead atoms. The average molecular weight is 220 g/mol. The van der Waals surface area contributed by atoms with E-state index in [2.05, 4.69) is 0 Å². The van der Waals surface area contributed by atoms with Gasteiger partial charge in [0.15, 0.2) is 0 Å². The molecule has 0 saturated carbocycles. The van der Waals surface area contributed by atoms with Crippen LogP contribution in [0.25, 0.3) is 0 Å². The summed E-state index contributed by atoms with van der Waals surface area (Å²) in [6.07, 6.45) is 0. The van der Waals surface area contributed by atoms with Crippen LogP contribution >= 0.6 is 0 Å². The van der Waals surface area contributed by atoms with E-state index in [-0.39, 0.29) is 31.0 Å². The van der Waals surface area contributed by atoms with E-state index in [4.69, 9.17) is 13.2 Å². The maximum atomic E-state index is 8.85. The molecule has 0 aromatic rings. The van der Waals surface area contributed by atoms with Crippen molar-refractivity contribution in [2.24, 2.45) is 0 Å². The topological polar surface area (TPSA) is 74.6 Å². The standard InChI is InChI=1S/Na.H2O4Te.H2.H/c;1-5(2,3)4;;/h;(H2,1,2,3,4);1H;. The first-order chi connectivity index (χ1) is 2.00. The van der Waals surface area contributed by atoms with Gasteiger partial charge in [-0.25, -0.2) is 0 Å². The Balaban J connectivity index is -0.0000000800. The summed E-state index contributed by atoms with van der Waals surface area (Å²) in [6, 6.07) is 0. The van der Waals surface area contributed by atoms with Crippen molar-refractivity contribution in [2.45, 2.75) is 0 Å². The Morgan fingerprint density at radius 2 is 1.33 bits per heavy atom. The first-order valence-electron chi connectivity index (χ1n) is 0.698. The Bertz CT molecular complexity index is 94.9. The molecule has 4 nitrogen and oxygen atoms in total. The SMILES string of the molecule is O=[Te](=O)(O)O.[HH].[NaH]. The van der Waals surface area contributed by atoms with Crippen LogP contribution in [0.2, 0.25) is 0 Å². The van der Waals surface area contributed by atoms with E-state index in [1.54, 1.807) is 0 Å². The summed E-state index contributed by atoms with van der Waals surface area (Å²) < 4.78 is 32.0. The zero-order chi connectivity index (χ0) is 4.50. The first kappa shape index (κ1) is 10.3. The van der Waals surface area contributed by atoms with Crippen molar-refractivity contribution in [3.8, 4) is 0 Å². The molecule has 36 valence electrons. The first-order valence-corrected chi connectivity index (χ1v) is 4.69. The predicted molar refractivity (Wildman–Crippen MR) is 20.8 cm³/mol. The van der Waals surface area contributed by atoms with Gasteiger partial charge < -0.3 is 0 Å². The van der Waals surface area contributed by atoms with Crippen molar-refractivity contribution in [1.82, 2.24) is 0 Å².